The lowest BCUT2D eigenvalue weighted by atomic mass is 9.94. The smallest absolute Gasteiger partial charge is 0.212 e. The van der Waals surface area contributed by atoms with E-state index in [0.29, 0.717) is 17.1 Å². The van der Waals surface area contributed by atoms with Crippen LogP contribution in [0, 0.1) is 18.3 Å². The topological polar surface area (TPSA) is 40.8 Å². The Labute approximate surface area is 153 Å². The molecule has 4 aromatic rings. The lowest BCUT2D eigenvalue weighted by Gasteiger charge is -2.08. The molecule has 0 aliphatic carbocycles. The zero-order chi connectivity index (χ0) is 18.4. The minimum Gasteiger partial charge on any atom is -0.455 e. The van der Waals surface area contributed by atoms with Crippen molar-refractivity contribution in [3.63, 3.8) is 0 Å². The van der Waals surface area contributed by atoms with Gasteiger partial charge in [0.2, 0.25) is 5.69 Å². The molecule has 2 aromatic carbocycles. The third-order valence-electron chi connectivity index (χ3n) is 5.07. The number of nitrogens with zero attached hydrogens (tertiary/aromatic N) is 2. The van der Waals surface area contributed by atoms with E-state index in [2.05, 4.69) is 55.7 Å². The van der Waals surface area contributed by atoms with Crippen molar-refractivity contribution < 1.29 is 8.98 Å². The number of fused-ring (bicyclic) bond motifs is 3. The normalized spacial score (nSPS) is 11.4. The van der Waals surface area contributed by atoms with Crippen molar-refractivity contribution in [2.45, 2.75) is 26.7 Å². The third-order valence-corrected chi connectivity index (χ3v) is 5.07. The molecule has 2 aromatic heterocycles. The second kappa shape index (κ2) is 6.00. The summed E-state index contributed by atoms with van der Waals surface area (Å²) < 4.78 is 8.30. The Balaban J connectivity index is 2.11. The summed E-state index contributed by atoms with van der Waals surface area (Å²) in [6.45, 7) is 6.47. The zero-order valence-electron chi connectivity index (χ0n) is 15.5. The average Bonchev–Trinajstić information content (AvgIpc) is 2.99. The number of aromatic nitrogens is 1. The van der Waals surface area contributed by atoms with E-state index in [0.717, 1.165) is 27.6 Å². The number of pyridine rings is 1. The van der Waals surface area contributed by atoms with E-state index in [4.69, 9.17) is 4.42 Å². The quantitative estimate of drug-likeness (QED) is 0.459. The minimum atomic E-state index is 0.359. The van der Waals surface area contributed by atoms with Gasteiger partial charge in [-0.15, -0.1) is 0 Å². The molecule has 3 heteroatoms. The van der Waals surface area contributed by atoms with Crippen LogP contribution in [0.5, 0.6) is 0 Å². The Morgan fingerprint density at radius 2 is 1.92 bits per heavy atom. The predicted octanol–water partition coefficient (Wildman–Crippen LogP) is 5.38. The number of hydrogen-bond donors (Lipinski definition) is 0. The summed E-state index contributed by atoms with van der Waals surface area (Å²) in [5.41, 5.74) is 6.80. The van der Waals surface area contributed by atoms with Crippen molar-refractivity contribution in [3.05, 3.63) is 65.4 Å². The standard InChI is InChI=1S/C23H21N2O/c1-14(2)17-9-8-16(13-24)23-22(17)19-11-15(3)18(12-21(19)26-23)20-7-5-6-10-25(20)4/h5-12,14H,1-4H3/q+1. The number of rotatable bonds is 2. The molecule has 0 saturated carbocycles. The van der Waals surface area contributed by atoms with E-state index in [1.54, 1.807) is 0 Å². The van der Waals surface area contributed by atoms with Crippen LogP contribution in [0.2, 0.25) is 0 Å². The van der Waals surface area contributed by atoms with Crippen LogP contribution in [-0.4, -0.2) is 0 Å². The SMILES string of the molecule is Cc1cc2c(cc1-c1cccc[n+]1C)oc1c(C#N)ccc(C(C)C)c12. The fourth-order valence-electron chi connectivity index (χ4n) is 3.71. The number of nitriles is 1. The maximum absolute atomic E-state index is 9.50. The summed E-state index contributed by atoms with van der Waals surface area (Å²) in [5, 5.41) is 11.7. The molecule has 128 valence electrons. The highest BCUT2D eigenvalue weighted by Gasteiger charge is 2.20. The summed E-state index contributed by atoms with van der Waals surface area (Å²) in [6, 6.07) is 16.7. The first-order valence-corrected chi connectivity index (χ1v) is 8.86. The second-order valence-corrected chi connectivity index (χ2v) is 7.14. The maximum Gasteiger partial charge on any atom is 0.212 e. The summed E-state index contributed by atoms with van der Waals surface area (Å²) in [7, 11) is 2.04. The highest BCUT2D eigenvalue weighted by molar-refractivity contribution is 6.09. The van der Waals surface area contributed by atoms with Gasteiger partial charge >= 0.3 is 0 Å². The number of furan rings is 1. The molecule has 0 unspecified atom stereocenters. The molecule has 3 nitrogen and oxygen atoms in total. The van der Waals surface area contributed by atoms with Gasteiger partial charge in [-0.05, 0) is 48.2 Å². The highest BCUT2D eigenvalue weighted by Crippen LogP contribution is 2.38. The second-order valence-electron chi connectivity index (χ2n) is 7.14. The van der Waals surface area contributed by atoms with Crippen molar-refractivity contribution in [1.29, 1.82) is 5.26 Å². The van der Waals surface area contributed by atoms with Crippen LogP contribution in [0.25, 0.3) is 33.2 Å². The van der Waals surface area contributed by atoms with E-state index in [1.165, 1.54) is 11.1 Å². The lowest BCUT2D eigenvalue weighted by molar-refractivity contribution is -0.660. The predicted molar refractivity (Wildman–Crippen MR) is 104 cm³/mol. The van der Waals surface area contributed by atoms with Crippen LogP contribution < -0.4 is 4.57 Å². The van der Waals surface area contributed by atoms with Crippen LogP contribution in [0.3, 0.4) is 0 Å². The molecule has 0 radical (unpaired) electrons. The van der Waals surface area contributed by atoms with Gasteiger partial charge < -0.3 is 4.42 Å². The van der Waals surface area contributed by atoms with E-state index < -0.39 is 0 Å². The third kappa shape index (κ3) is 2.38. The van der Waals surface area contributed by atoms with E-state index >= 15 is 0 Å². The van der Waals surface area contributed by atoms with Gasteiger partial charge in [-0.3, -0.25) is 0 Å². The van der Waals surface area contributed by atoms with Crippen LogP contribution in [0.1, 0.15) is 36.5 Å². The monoisotopic (exact) mass is 341 g/mol. The van der Waals surface area contributed by atoms with Crippen LogP contribution >= 0.6 is 0 Å². The maximum atomic E-state index is 9.50. The summed E-state index contributed by atoms with van der Waals surface area (Å²) >= 11 is 0. The van der Waals surface area contributed by atoms with Crippen LogP contribution in [0.15, 0.2) is 53.1 Å². The van der Waals surface area contributed by atoms with Crippen LogP contribution in [0.4, 0.5) is 0 Å². The van der Waals surface area contributed by atoms with Crippen molar-refractivity contribution >= 4 is 21.9 Å². The number of hydrogen-bond acceptors (Lipinski definition) is 2. The largest absolute Gasteiger partial charge is 0.455 e. The van der Waals surface area contributed by atoms with E-state index in [9.17, 15) is 5.26 Å². The lowest BCUT2D eigenvalue weighted by Crippen LogP contribution is -2.30. The fraction of sp³-hybridized carbons (Fsp3) is 0.217. The van der Waals surface area contributed by atoms with Gasteiger partial charge in [0.1, 0.15) is 18.7 Å². The van der Waals surface area contributed by atoms with Gasteiger partial charge in [0, 0.05) is 22.9 Å². The molecular formula is C23H21N2O+. The Morgan fingerprint density at radius 1 is 1.12 bits per heavy atom. The Hall–Kier alpha value is -3.12. The molecule has 0 saturated heterocycles. The molecule has 2 heterocycles. The van der Waals surface area contributed by atoms with Crippen molar-refractivity contribution in [2.24, 2.45) is 7.05 Å². The van der Waals surface area contributed by atoms with Gasteiger partial charge in [-0.2, -0.15) is 5.26 Å². The minimum absolute atomic E-state index is 0.359. The van der Waals surface area contributed by atoms with Crippen LogP contribution in [-0.2, 0) is 7.05 Å². The molecule has 0 aliphatic heterocycles. The first-order valence-electron chi connectivity index (χ1n) is 8.86. The van der Waals surface area contributed by atoms with Gasteiger partial charge in [-0.25, -0.2) is 4.57 Å². The molecule has 0 N–H and O–H groups in total. The average molecular weight is 341 g/mol. The molecule has 4 rings (SSSR count). The Bertz CT molecular complexity index is 1190. The first-order chi connectivity index (χ1) is 12.5. The van der Waals surface area contributed by atoms with E-state index in [-0.39, 0.29) is 0 Å². The van der Waals surface area contributed by atoms with Crippen molar-refractivity contribution in [3.8, 4) is 17.3 Å². The molecule has 0 aliphatic rings. The highest BCUT2D eigenvalue weighted by atomic mass is 16.3. The van der Waals surface area contributed by atoms with Gasteiger partial charge in [0.15, 0.2) is 11.8 Å². The molecule has 0 spiro atoms. The summed E-state index contributed by atoms with van der Waals surface area (Å²) in [6.07, 6.45) is 2.04. The van der Waals surface area contributed by atoms with E-state index in [1.807, 2.05) is 31.4 Å². The number of aryl methyl sites for hydroxylation is 2. The fourth-order valence-corrected chi connectivity index (χ4v) is 3.71. The van der Waals surface area contributed by atoms with Crippen molar-refractivity contribution in [2.75, 3.05) is 0 Å². The summed E-state index contributed by atoms with van der Waals surface area (Å²) in [5.74, 6) is 0.359. The molecule has 0 amide bonds. The molecule has 0 atom stereocenters. The Morgan fingerprint density at radius 3 is 2.62 bits per heavy atom. The van der Waals surface area contributed by atoms with Gasteiger partial charge in [0.25, 0.3) is 0 Å². The zero-order valence-corrected chi connectivity index (χ0v) is 15.5. The molecule has 26 heavy (non-hydrogen) atoms. The van der Waals surface area contributed by atoms with Gasteiger partial charge in [-0.1, -0.05) is 19.9 Å². The molecule has 0 fully saturated rings. The number of benzene rings is 2. The molecule has 0 bridgehead atoms. The first kappa shape index (κ1) is 16.4. The Kier molecular flexibility index (Phi) is 3.77. The van der Waals surface area contributed by atoms with Crippen molar-refractivity contribution in [1.82, 2.24) is 0 Å². The molecular weight excluding hydrogens is 320 g/mol. The van der Waals surface area contributed by atoms with Gasteiger partial charge in [0.05, 0.1) is 11.1 Å². The summed E-state index contributed by atoms with van der Waals surface area (Å²) in [4.78, 5) is 0.